The van der Waals surface area contributed by atoms with E-state index in [1.807, 2.05) is 19.1 Å². The van der Waals surface area contributed by atoms with Crippen LogP contribution in [0.2, 0.25) is 0 Å². The summed E-state index contributed by atoms with van der Waals surface area (Å²) in [4.78, 5) is 16.3. The summed E-state index contributed by atoms with van der Waals surface area (Å²) in [6, 6.07) is 3.98. The molecule has 2 atom stereocenters. The third kappa shape index (κ3) is 4.30. The molecule has 1 aliphatic carbocycles. The van der Waals surface area contributed by atoms with Crippen molar-refractivity contribution in [3.63, 3.8) is 0 Å². The third-order valence-corrected chi connectivity index (χ3v) is 4.08. The summed E-state index contributed by atoms with van der Waals surface area (Å²) in [6.07, 6.45) is 7.59. The third-order valence-electron chi connectivity index (χ3n) is 4.08. The van der Waals surface area contributed by atoms with Crippen molar-refractivity contribution in [2.24, 2.45) is 5.92 Å². The molecule has 2 N–H and O–H groups in total. The van der Waals surface area contributed by atoms with Crippen molar-refractivity contribution < 1.29 is 9.90 Å². The number of aliphatic hydroxyl groups excluding tert-OH is 1. The van der Waals surface area contributed by atoms with Gasteiger partial charge in [-0.15, -0.1) is 0 Å². The SMILES string of the molecule is Cc1ccc(CC(=O)NC2CCCCCC2CO)cn1. The van der Waals surface area contributed by atoms with E-state index in [9.17, 15) is 9.90 Å². The maximum atomic E-state index is 12.1. The first-order valence-corrected chi connectivity index (χ1v) is 7.51. The maximum absolute atomic E-state index is 12.1. The van der Waals surface area contributed by atoms with Crippen LogP contribution in [-0.4, -0.2) is 28.6 Å². The van der Waals surface area contributed by atoms with E-state index >= 15 is 0 Å². The summed E-state index contributed by atoms with van der Waals surface area (Å²) in [5, 5.41) is 12.6. The highest BCUT2D eigenvalue weighted by atomic mass is 16.3. The minimum Gasteiger partial charge on any atom is -0.396 e. The molecule has 1 fully saturated rings. The fraction of sp³-hybridized carbons (Fsp3) is 0.625. The van der Waals surface area contributed by atoms with Gasteiger partial charge in [0.1, 0.15) is 0 Å². The van der Waals surface area contributed by atoms with Gasteiger partial charge in [-0.1, -0.05) is 25.3 Å². The number of nitrogens with one attached hydrogen (secondary N) is 1. The number of hydrogen-bond acceptors (Lipinski definition) is 3. The van der Waals surface area contributed by atoms with Crippen LogP contribution < -0.4 is 5.32 Å². The van der Waals surface area contributed by atoms with E-state index in [2.05, 4.69) is 10.3 Å². The molecule has 1 aromatic heterocycles. The smallest absolute Gasteiger partial charge is 0.224 e. The fourth-order valence-electron chi connectivity index (χ4n) is 2.84. The van der Waals surface area contributed by atoms with Crippen LogP contribution in [0.15, 0.2) is 18.3 Å². The molecule has 1 aliphatic rings. The van der Waals surface area contributed by atoms with Crippen LogP contribution in [0.25, 0.3) is 0 Å². The van der Waals surface area contributed by atoms with Crippen LogP contribution in [-0.2, 0) is 11.2 Å². The van der Waals surface area contributed by atoms with Gasteiger partial charge in [0.15, 0.2) is 0 Å². The average Bonchev–Trinajstić information content (AvgIpc) is 2.66. The Morgan fingerprint density at radius 3 is 2.85 bits per heavy atom. The molecule has 1 heterocycles. The molecule has 20 heavy (non-hydrogen) atoms. The lowest BCUT2D eigenvalue weighted by molar-refractivity contribution is -0.121. The van der Waals surface area contributed by atoms with E-state index in [0.717, 1.165) is 36.9 Å². The molecule has 0 aliphatic heterocycles. The van der Waals surface area contributed by atoms with Gasteiger partial charge >= 0.3 is 0 Å². The number of rotatable bonds is 4. The Balaban J connectivity index is 1.90. The fourth-order valence-corrected chi connectivity index (χ4v) is 2.84. The Morgan fingerprint density at radius 2 is 2.15 bits per heavy atom. The molecule has 0 saturated heterocycles. The van der Waals surface area contributed by atoms with Gasteiger partial charge in [-0.3, -0.25) is 9.78 Å². The summed E-state index contributed by atoms with van der Waals surface area (Å²) in [5.41, 5.74) is 1.89. The van der Waals surface area contributed by atoms with Crippen molar-refractivity contribution in [2.45, 2.75) is 51.5 Å². The number of pyridine rings is 1. The Hall–Kier alpha value is -1.42. The molecule has 2 unspecified atom stereocenters. The molecule has 0 radical (unpaired) electrons. The minimum atomic E-state index is 0.0287. The Kier molecular flexibility index (Phi) is 5.53. The second-order valence-electron chi connectivity index (χ2n) is 5.74. The normalized spacial score (nSPS) is 23.1. The molecule has 1 aromatic rings. The van der Waals surface area contributed by atoms with Gasteiger partial charge < -0.3 is 10.4 Å². The van der Waals surface area contributed by atoms with Crippen molar-refractivity contribution >= 4 is 5.91 Å². The summed E-state index contributed by atoms with van der Waals surface area (Å²) >= 11 is 0. The number of nitrogens with zero attached hydrogens (tertiary/aromatic N) is 1. The molecule has 0 bridgehead atoms. The van der Waals surface area contributed by atoms with Crippen LogP contribution in [0.3, 0.4) is 0 Å². The highest BCUT2D eigenvalue weighted by Crippen LogP contribution is 2.23. The van der Waals surface area contributed by atoms with E-state index in [1.54, 1.807) is 6.20 Å². The Labute approximate surface area is 120 Å². The second kappa shape index (κ2) is 7.39. The zero-order valence-electron chi connectivity index (χ0n) is 12.1. The molecule has 2 rings (SSSR count). The number of aromatic nitrogens is 1. The standard InChI is InChI=1S/C16H24N2O2/c1-12-7-8-13(10-17-12)9-16(20)18-15-6-4-2-3-5-14(15)11-19/h7-8,10,14-15,19H,2-6,9,11H2,1H3,(H,18,20). The number of hydrogen-bond donors (Lipinski definition) is 2. The average molecular weight is 276 g/mol. The van der Waals surface area contributed by atoms with Crippen molar-refractivity contribution in [2.75, 3.05) is 6.61 Å². The quantitative estimate of drug-likeness (QED) is 0.827. The summed E-state index contributed by atoms with van der Waals surface area (Å²) in [6.45, 7) is 2.10. The van der Waals surface area contributed by atoms with Crippen molar-refractivity contribution in [3.05, 3.63) is 29.6 Å². The van der Waals surface area contributed by atoms with E-state index in [0.29, 0.717) is 6.42 Å². The van der Waals surface area contributed by atoms with Gasteiger partial charge in [0.2, 0.25) is 5.91 Å². The molecule has 1 saturated carbocycles. The zero-order chi connectivity index (χ0) is 14.4. The lowest BCUT2D eigenvalue weighted by atomic mass is 9.95. The van der Waals surface area contributed by atoms with Gasteiger partial charge in [-0.2, -0.15) is 0 Å². The molecular formula is C16H24N2O2. The van der Waals surface area contributed by atoms with Gasteiger partial charge in [-0.05, 0) is 31.4 Å². The van der Waals surface area contributed by atoms with E-state index in [-0.39, 0.29) is 24.5 Å². The maximum Gasteiger partial charge on any atom is 0.224 e. The topological polar surface area (TPSA) is 62.2 Å². The molecule has 1 amide bonds. The van der Waals surface area contributed by atoms with Crippen LogP contribution in [0, 0.1) is 12.8 Å². The largest absolute Gasteiger partial charge is 0.396 e. The first-order chi connectivity index (χ1) is 9.69. The van der Waals surface area contributed by atoms with E-state index in [4.69, 9.17) is 0 Å². The number of aryl methyl sites for hydroxylation is 1. The first kappa shape index (κ1) is 15.0. The van der Waals surface area contributed by atoms with Crippen molar-refractivity contribution in [3.8, 4) is 0 Å². The predicted octanol–water partition coefficient (Wildman–Crippen LogP) is 1.99. The first-order valence-electron chi connectivity index (χ1n) is 7.51. The van der Waals surface area contributed by atoms with Crippen molar-refractivity contribution in [1.82, 2.24) is 10.3 Å². The van der Waals surface area contributed by atoms with Gasteiger partial charge in [0.25, 0.3) is 0 Å². The molecule has 4 nitrogen and oxygen atoms in total. The summed E-state index contributed by atoms with van der Waals surface area (Å²) in [5.74, 6) is 0.235. The lowest BCUT2D eigenvalue weighted by Gasteiger charge is -2.24. The summed E-state index contributed by atoms with van der Waals surface area (Å²) in [7, 11) is 0. The van der Waals surface area contributed by atoms with Crippen molar-refractivity contribution in [1.29, 1.82) is 0 Å². The lowest BCUT2D eigenvalue weighted by Crippen LogP contribution is -2.41. The highest BCUT2D eigenvalue weighted by molar-refractivity contribution is 5.78. The molecule has 0 spiro atoms. The van der Waals surface area contributed by atoms with Gasteiger partial charge in [-0.25, -0.2) is 0 Å². The van der Waals surface area contributed by atoms with E-state index in [1.165, 1.54) is 6.42 Å². The molecule has 0 aromatic carbocycles. The molecule has 4 heteroatoms. The molecule has 110 valence electrons. The second-order valence-corrected chi connectivity index (χ2v) is 5.74. The van der Waals surface area contributed by atoms with Gasteiger partial charge in [0, 0.05) is 30.5 Å². The number of aliphatic hydroxyl groups is 1. The Bertz CT molecular complexity index is 431. The predicted molar refractivity (Wildman–Crippen MR) is 78.3 cm³/mol. The number of carbonyl (C=O) groups is 1. The monoisotopic (exact) mass is 276 g/mol. The van der Waals surface area contributed by atoms with Crippen LogP contribution in [0.5, 0.6) is 0 Å². The number of carbonyl (C=O) groups excluding carboxylic acids is 1. The molecular weight excluding hydrogens is 252 g/mol. The van der Waals surface area contributed by atoms with Gasteiger partial charge in [0.05, 0.1) is 6.42 Å². The van der Waals surface area contributed by atoms with Crippen LogP contribution in [0.1, 0.15) is 43.4 Å². The van der Waals surface area contributed by atoms with E-state index < -0.39 is 0 Å². The Morgan fingerprint density at radius 1 is 1.35 bits per heavy atom. The summed E-state index contributed by atoms with van der Waals surface area (Å²) < 4.78 is 0. The number of amides is 1. The van der Waals surface area contributed by atoms with Crippen LogP contribution >= 0.6 is 0 Å². The zero-order valence-corrected chi connectivity index (χ0v) is 12.1. The minimum absolute atomic E-state index is 0.0287. The highest BCUT2D eigenvalue weighted by Gasteiger charge is 2.24. The van der Waals surface area contributed by atoms with Crippen LogP contribution in [0.4, 0.5) is 0 Å².